The lowest BCUT2D eigenvalue weighted by atomic mass is 10.3. The van der Waals surface area contributed by atoms with Gasteiger partial charge in [0.2, 0.25) is 11.1 Å². The molecule has 2 aromatic rings. The van der Waals surface area contributed by atoms with E-state index in [0.29, 0.717) is 16.9 Å². The minimum atomic E-state index is -2.88. The van der Waals surface area contributed by atoms with Gasteiger partial charge in [-0.1, -0.05) is 11.8 Å². The van der Waals surface area contributed by atoms with Gasteiger partial charge in [0, 0.05) is 5.69 Å². The smallest absolute Gasteiger partial charge is 0.387 e. The van der Waals surface area contributed by atoms with Crippen molar-refractivity contribution in [3.05, 3.63) is 24.3 Å². The number of carbonyl (C=O) groups excluding carboxylic acids is 1. The predicted octanol–water partition coefficient (Wildman–Crippen LogP) is 2.73. The van der Waals surface area contributed by atoms with E-state index in [0.717, 1.165) is 12.8 Å². The normalized spacial score (nSPS) is 15.3. The van der Waals surface area contributed by atoms with Gasteiger partial charge in [0.05, 0.1) is 11.3 Å². The fraction of sp³-hybridized carbons (Fsp3) is 0.429. The molecular formula is C14H15F2N5O2S. The number of hydrogen-bond acceptors (Lipinski definition) is 6. The van der Waals surface area contributed by atoms with E-state index in [2.05, 4.69) is 25.6 Å². The standard InChI is InChI=1S/C14H15F2N5O2S/c1-8(24-14-18-19-20-21(14)10-4-5-10)12(22)17-9-2-6-11(7-3-9)23-13(15)16/h2-3,6-8,10,13H,4-5H2,1H3,(H,17,22). The first-order valence-corrected chi connectivity index (χ1v) is 8.21. The van der Waals surface area contributed by atoms with Gasteiger partial charge in [0.15, 0.2) is 0 Å². The second-order valence-corrected chi connectivity index (χ2v) is 6.60. The van der Waals surface area contributed by atoms with Gasteiger partial charge in [-0.25, -0.2) is 4.68 Å². The molecule has 0 aliphatic heterocycles. The number of ether oxygens (including phenoxy) is 1. The Labute approximate surface area is 140 Å². The molecule has 3 rings (SSSR count). The zero-order valence-electron chi connectivity index (χ0n) is 12.7. The van der Waals surface area contributed by atoms with Crippen LogP contribution in [0.2, 0.25) is 0 Å². The monoisotopic (exact) mass is 355 g/mol. The third-order valence-electron chi connectivity index (χ3n) is 3.35. The molecule has 24 heavy (non-hydrogen) atoms. The summed E-state index contributed by atoms with van der Waals surface area (Å²) < 4.78 is 30.2. The van der Waals surface area contributed by atoms with Crippen molar-refractivity contribution in [2.45, 2.75) is 42.8 Å². The highest BCUT2D eigenvalue weighted by Gasteiger charge is 2.29. The van der Waals surface area contributed by atoms with Crippen molar-refractivity contribution in [1.82, 2.24) is 20.2 Å². The van der Waals surface area contributed by atoms with Gasteiger partial charge in [-0.05, 0) is 54.5 Å². The molecule has 10 heteroatoms. The van der Waals surface area contributed by atoms with Crippen LogP contribution in [0.25, 0.3) is 0 Å². The van der Waals surface area contributed by atoms with Gasteiger partial charge in [0.1, 0.15) is 5.75 Å². The maximum atomic E-state index is 12.2. The second kappa shape index (κ2) is 7.12. The first-order valence-electron chi connectivity index (χ1n) is 7.33. The summed E-state index contributed by atoms with van der Waals surface area (Å²) >= 11 is 1.28. The Balaban J connectivity index is 1.56. The molecule has 1 N–H and O–H groups in total. The summed E-state index contributed by atoms with van der Waals surface area (Å²) in [6.45, 7) is -1.13. The predicted molar refractivity (Wildman–Crippen MR) is 83.1 cm³/mol. The molecule has 1 atom stereocenters. The number of anilines is 1. The summed E-state index contributed by atoms with van der Waals surface area (Å²) in [5, 5.41) is 14.4. The third kappa shape index (κ3) is 4.19. The Hall–Kier alpha value is -2.23. The number of amides is 1. The van der Waals surface area contributed by atoms with Crippen molar-refractivity contribution in [3.63, 3.8) is 0 Å². The second-order valence-electron chi connectivity index (χ2n) is 5.29. The van der Waals surface area contributed by atoms with E-state index in [1.165, 1.54) is 36.0 Å². The highest BCUT2D eigenvalue weighted by molar-refractivity contribution is 8.00. The van der Waals surface area contributed by atoms with E-state index in [4.69, 9.17) is 0 Å². The molecule has 1 aromatic heterocycles. The molecule has 1 fully saturated rings. The van der Waals surface area contributed by atoms with Crippen molar-refractivity contribution in [2.24, 2.45) is 0 Å². The van der Waals surface area contributed by atoms with Crippen molar-refractivity contribution in [3.8, 4) is 5.75 Å². The minimum absolute atomic E-state index is 0.0361. The number of tetrazole rings is 1. The molecule has 7 nitrogen and oxygen atoms in total. The summed E-state index contributed by atoms with van der Waals surface area (Å²) in [6, 6.07) is 6.07. The van der Waals surface area contributed by atoms with Crippen LogP contribution in [0.15, 0.2) is 29.4 Å². The summed E-state index contributed by atoms with van der Waals surface area (Å²) in [5.41, 5.74) is 0.496. The van der Waals surface area contributed by atoms with Crippen molar-refractivity contribution < 1.29 is 18.3 Å². The number of benzene rings is 1. The van der Waals surface area contributed by atoms with Crippen molar-refractivity contribution in [1.29, 1.82) is 0 Å². The van der Waals surface area contributed by atoms with Crippen LogP contribution in [-0.2, 0) is 4.79 Å². The SMILES string of the molecule is CC(Sc1nnnn1C1CC1)C(=O)Nc1ccc(OC(F)F)cc1. The van der Waals surface area contributed by atoms with Crippen LogP contribution in [0, 0.1) is 0 Å². The number of hydrogen-bond donors (Lipinski definition) is 1. The van der Waals surface area contributed by atoms with Gasteiger partial charge in [-0.2, -0.15) is 8.78 Å². The van der Waals surface area contributed by atoms with E-state index in [1.807, 2.05) is 0 Å². The zero-order valence-corrected chi connectivity index (χ0v) is 13.5. The number of alkyl halides is 2. The molecule has 0 spiro atoms. The quantitative estimate of drug-likeness (QED) is 0.769. The summed E-state index contributed by atoms with van der Waals surface area (Å²) in [7, 11) is 0. The van der Waals surface area contributed by atoms with Crippen LogP contribution in [-0.4, -0.2) is 38.0 Å². The largest absolute Gasteiger partial charge is 0.435 e. The van der Waals surface area contributed by atoms with Crippen LogP contribution in [0.5, 0.6) is 5.75 Å². The Morgan fingerprint density at radius 3 is 2.71 bits per heavy atom. The molecule has 1 aliphatic carbocycles. The molecule has 1 amide bonds. The Morgan fingerprint density at radius 1 is 1.38 bits per heavy atom. The van der Waals surface area contributed by atoms with E-state index >= 15 is 0 Å². The van der Waals surface area contributed by atoms with E-state index in [-0.39, 0.29) is 11.7 Å². The Morgan fingerprint density at radius 2 is 2.08 bits per heavy atom. The fourth-order valence-corrected chi connectivity index (χ4v) is 2.85. The number of nitrogens with zero attached hydrogens (tertiary/aromatic N) is 4. The summed E-state index contributed by atoms with van der Waals surface area (Å²) in [4.78, 5) is 12.2. The highest BCUT2D eigenvalue weighted by atomic mass is 32.2. The first kappa shape index (κ1) is 16.6. The van der Waals surface area contributed by atoms with E-state index in [1.54, 1.807) is 11.6 Å². The van der Waals surface area contributed by atoms with Crippen LogP contribution >= 0.6 is 11.8 Å². The lowest BCUT2D eigenvalue weighted by Gasteiger charge is -2.12. The first-order chi connectivity index (χ1) is 11.5. The average Bonchev–Trinajstić information content (AvgIpc) is 3.28. The molecule has 0 bridgehead atoms. The zero-order chi connectivity index (χ0) is 17.1. The van der Waals surface area contributed by atoms with E-state index < -0.39 is 11.9 Å². The summed E-state index contributed by atoms with van der Waals surface area (Å²) in [5.74, 6) is -0.193. The molecule has 1 unspecified atom stereocenters. The molecule has 1 heterocycles. The van der Waals surface area contributed by atoms with Crippen LogP contribution in [0.1, 0.15) is 25.8 Å². The number of rotatable bonds is 7. The van der Waals surface area contributed by atoms with Crippen molar-refractivity contribution in [2.75, 3.05) is 5.32 Å². The maximum Gasteiger partial charge on any atom is 0.387 e. The fourth-order valence-electron chi connectivity index (χ4n) is 1.99. The topological polar surface area (TPSA) is 81.9 Å². The average molecular weight is 355 g/mol. The van der Waals surface area contributed by atoms with Gasteiger partial charge in [-0.3, -0.25) is 4.79 Å². The molecule has 1 aromatic carbocycles. The van der Waals surface area contributed by atoms with Crippen LogP contribution in [0.3, 0.4) is 0 Å². The van der Waals surface area contributed by atoms with Gasteiger partial charge < -0.3 is 10.1 Å². The molecule has 0 radical (unpaired) electrons. The molecule has 1 saturated carbocycles. The maximum absolute atomic E-state index is 12.2. The lowest BCUT2D eigenvalue weighted by molar-refractivity contribution is -0.115. The van der Waals surface area contributed by atoms with Gasteiger partial charge >= 0.3 is 6.61 Å². The third-order valence-corrected chi connectivity index (χ3v) is 4.40. The van der Waals surface area contributed by atoms with Crippen molar-refractivity contribution >= 4 is 23.4 Å². The Bertz CT molecular complexity index is 705. The molecular weight excluding hydrogens is 340 g/mol. The number of halogens is 2. The highest BCUT2D eigenvalue weighted by Crippen LogP contribution is 2.37. The van der Waals surface area contributed by atoms with Gasteiger partial charge in [-0.15, -0.1) is 5.10 Å². The van der Waals surface area contributed by atoms with Gasteiger partial charge in [0.25, 0.3) is 0 Å². The van der Waals surface area contributed by atoms with E-state index in [9.17, 15) is 13.6 Å². The van der Waals surface area contributed by atoms with Crippen LogP contribution in [0.4, 0.5) is 14.5 Å². The number of thioether (sulfide) groups is 1. The molecule has 0 saturated heterocycles. The number of nitrogens with one attached hydrogen (secondary N) is 1. The number of carbonyl (C=O) groups is 1. The Kier molecular flexibility index (Phi) is 4.93. The minimum Gasteiger partial charge on any atom is -0.435 e. The van der Waals surface area contributed by atoms with Crippen LogP contribution < -0.4 is 10.1 Å². The molecule has 1 aliphatic rings. The number of aromatic nitrogens is 4. The lowest BCUT2D eigenvalue weighted by Crippen LogP contribution is -2.23. The summed E-state index contributed by atoms with van der Waals surface area (Å²) in [6.07, 6.45) is 2.10. The molecule has 128 valence electrons.